The topological polar surface area (TPSA) is 114 Å². The van der Waals surface area contributed by atoms with Crippen molar-refractivity contribution in [3.05, 3.63) is 23.5 Å². The summed E-state index contributed by atoms with van der Waals surface area (Å²) in [5.74, 6) is -2.05. The second-order valence-electron chi connectivity index (χ2n) is 10.8. The van der Waals surface area contributed by atoms with Crippen LogP contribution in [0.3, 0.4) is 0 Å². The van der Waals surface area contributed by atoms with Crippen LogP contribution in [0.4, 0.5) is 4.39 Å². The van der Waals surface area contributed by atoms with E-state index in [0.717, 1.165) is 12.5 Å². The zero-order chi connectivity index (χ0) is 26.6. The maximum Gasteiger partial charge on any atom is 0.309 e. The lowest BCUT2D eigenvalue weighted by molar-refractivity contribution is -0.150. The fourth-order valence-corrected chi connectivity index (χ4v) is 4.90. The van der Waals surface area contributed by atoms with Crippen molar-refractivity contribution in [2.24, 2.45) is 17.3 Å². The van der Waals surface area contributed by atoms with Crippen LogP contribution >= 0.6 is 0 Å². The standard InChI is InChI=1S/C27H39FN2O6/c1-15(2)16(3)29-24(31)18-7-6-8-21(18)30-25(32)19-13-23(20(28)14-22(19)35-5)36-17-9-11-27(4,12-10-17)26(33)34/h13-18,21H,6-12H2,1-5H3,(H,29,31)(H,30,32)(H,33,34)/t16-,17-,18+,21-,27+/m1/s1. The first-order chi connectivity index (χ1) is 16.9. The smallest absolute Gasteiger partial charge is 0.309 e. The molecule has 0 aliphatic heterocycles. The van der Waals surface area contributed by atoms with Crippen LogP contribution in [0.15, 0.2) is 12.1 Å². The molecule has 200 valence electrons. The van der Waals surface area contributed by atoms with E-state index in [1.165, 1.54) is 13.2 Å². The summed E-state index contributed by atoms with van der Waals surface area (Å²) >= 11 is 0. The molecule has 0 spiro atoms. The molecule has 2 saturated carbocycles. The van der Waals surface area contributed by atoms with Crippen molar-refractivity contribution < 1.29 is 33.4 Å². The van der Waals surface area contributed by atoms with Gasteiger partial charge >= 0.3 is 5.97 Å². The molecular weight excluding hydrogens is 467 g/mol. The molecule has 2 fully saturated rings. The number of halogens is 1. The minimum atomic E-state index is -0.840. The van der Waals surface area contributed by atoms with Gasteiger partial charge in [-0.1, -0.05) is 20.3 Å². The van der Waals surface area contributed by atoms with Crippen LogP contribution in [0.2, 0.25) is 0 Å². The Bertz CT molecular complexity index is 973. The predicted octanol–water partition coefficient (Wildman–Crippen LogP) is 4.31. The van der Waals surface area contributed by atoms with Gasteiger partial charge < -0.3 is 25.2 Å². The van der Waals surface area contributed by atoms with Gasteiger partial charge in [-0.05, 0) is 64.4 Å². The lowest BCUT2D eigenvalue weighted by Crippen LogP contribution is -2.47. The van der Waals surface area contributed by atoms with Gasteiger partial charge in [-0.3, -0.25) is 14.4 Å². The van der Waals surface area contributed by atoms with Crippen molar-refractivity contribution in [2.75, 3.05) is 7.11 Å². The third-order valence-corrected chi connectivity index (χ3v) is 7.88. The number of methoxy groups -OCH3 is 1. The summed E-state index contributed by atoms with van der Waals surface area (Å²) < 4.78 is 25.9. The van der Waals surface area contributed by atoms with Gasteiger partial charge in [-0.15, -0.1) is 0 Å². The van der Waals surface area contributed by atoms with Gasteiger partial charge in [-0.25, -0.2) is 4.39 Å². The summed E-state index contributed by atoms with van der Waals surface area (Å²) in [6.07, 6.45) is 3.65. The van der Waals surface area contributed by atoms with Crippen molar-refractivity contribution in [2.45, 2.75) is 90.8 Å². The fraction of sp³-hybridized carbons (Fsp3) is 0.667. The van der Waals surface area contributed by atoms with Crippen molar-refractivity contribution in [1.29, 1.82) is 0 Å². The van der Waals surface area contributed by atoms with Gasteiger partial charge in [0.15, 0.2) is 11.6 Å². The number of rotatable bonds is 9. The first-order valence-electron chi connectivity index (χ1n) is 12.8. The first-order valence-corrected chi connectivity index (χ1v) is 12.8. The van der Waals surface area contributed by atoms with Gasteiger partial charge in [0, 0.05) is 18.2 Å². The summed E-state index contributed by atoms with van der Waals surface area (Å²) in [7, 11) is 1.36. The molecule has 3 rings (SSSR count). The van der Waals surface area contributed by atoms with E-state index >= 15 is 0 Å². The largest absolute Gasteiger partial charge is 0.496 e. The average molecular weight is 507 g/mol. The van der Waals surface area contributed by atoms with Crippen molar-refractivity contribution in [3.63, 3.8) is 0 Å². The number of carbonyl (C=O) groups is 3. The number of benzene rings is 1. The number of aliphatic carboxylic acids is 1. The summed E-state index contributed by atoms with van der Waals surface area (Å²) in [6, 6.07) is 2.15. The van der Waals surface area contributed by atoms with Crippen molar-refractivity contribution in [1.82, 2.24) is 10.6 Å². The molecule has 8 nitrogen and oxygen atoms in total. The molecule has 2 amide bonds. The summed E-state index contributed by atoms with van der Waals surface area (Å²) in [4.78, 5) is 37.5. The van der Waals surface area contributed by atoms with Crippen LogP contribution < -0.4 is 20.1 Å². The Hall–Kier alpha value is -2.84. The predicted molar refractivity (Wildman–Crippen MR) is 133 cm³/mol. The molecular formula is C27H39FN2O6. The number of hydrogen-bond acceptors (Lipinski definition) is 5. The van der Waals surface area contributed by atoms with Crippen LogP contribution in [0.25, 0.3) is 0 Å². The van der Waals surface area contributed by atoms with Crippen LogP contribution in [0.5, 0.6) is 11.5 Å². The molecule has 0 bridgehead atoms. The Morgan fingerprint density at radius 2 is 1.75 bits per heavy atom. The molecule has 9 heteroatoms. The Morgan fingerprint density at radius 1 is 1.08 bits per heavy atom. The molecule has 0 aromatic heterocycles. The average Bonchev–Trinajstić information content (AvgIpc) is 3.29. The molecule has 36 heavy (non-hydrogen) atoms. The third-order valence-electron chi connectivity index (χ3n) is 7.88. The zero-order valence-corrected chi connectivity index (χ0v) is 21.9. The highest BCUT2D eigenvalue weighted by Gasteiger charge is 2.39. The Kier molecular flexibility index (Phi) is 8.84. The quantitative estimate of drug-likeness (QED) is 0.460. The monoisotopic (exact) mass is 506 g/mol. The maximum atomic E-state index is 14.8. The molecule has 1 aromatic carbocycles. The molecule has 0 radical (unpaired) electrons. The van der Waals surface area contributed by atoms with E-state index in [1.807, 2.05) is 20.8 Å². The minimum Gasteiger partial charge on any atom is -0.496 e. The van der Waals surface area contributed by atoms with E-state index in [2.05, 4.69) is 10.6 Å². The number of carboxylic acid groups (broad SMARTS) is 1. The second kappa shape index (κ2) is 11.5. The fourth-order valence-electron chi connectivity index (χ4n) is 4.90. The normalized spacial score (nSPS) is 26.8. The van der Waals surface area contributed by atoms with E-state index in [-0.39, 0.29) is 47.1 Å². The molecule has 0 heterocycles. The Morgan fingerprint density at radius 3 is 2.33 bits per heavy atom. The summed E-state index contributed by atoms with van der Waals surface area (Å²) in [5, 5.41) is 15.4. The molecule has 3 atom stereocenters. The van der Waals surface area contributed by atoms with Crippen LogP contribution in [0.1, 0.15) is 83.0 Å². The van der Waals surface area contributed by atoms with E-state index in [9.17, 15) is 23.9 Å². The molecule has 3 N–H and O–H groups in total. The molecule has 2 aliphatic rings. The summed E-state index contributed by atoms with van der Waals surface area (Å²) in [6.45, 7) is 7.75. The van der Waals surface area contributed by atoms with Crippen LogP contribution in [0, 0.1) is 23.1 Å². The van der Waals surface area contributed by atoms with Crippen molar-refractivity contribution in [3.8, 4) is 11.5 Å². The minimum absolute atomic E-state index is 0.0273. The Labute approximate surface area is 212 Å². The molecule has 0 saturated heterocycles. The lowest BCUT2D eigenvalue weighted by atomic mass is 9.75. The highest BCUT2D eigenvalue weighted by molar-refractivity contribution is 5.98. The van der Waals surface area contributed by atoms with E-state index in [0.29, 0.717) is 44.4 Å². The van der Waals surface area contributed by atoms with E-state index in [4.69, 9.17) is 9.47 Å². The summed E-state index contributed by atoms with van der Waals surface area (Å²) in [5.41, 5.74) is -0.679. The highest BCUT2D eigenvalue weighted by Crippen LogP contribution is 2.38. The molecule has 0 unspecified atom stereocenters. The Balaban J connectivity index is 1.71. The third kappa shape index (κ3) is 6.28. The molecule has 1 aromatic rings. The van der Waals surface area contributed by atoms with Gasteiger partial charge in [0.05, 0.1) is 30.1 Å². The number of carboxylic acids is 1. The first kappa shape index (κ1) is 27.7. The van der Waals surface area contributed by atoms with Gasteiger partial charge in [0.25, 0.3) is 5.91 Å². The van der Waals surface area contributed by atoms with Gasteiger partial charge in [-0.2, -0.15) is 0 Å². The van der Waals surface area contributed by atoms with Crippen LogP contribution in [-0.4, -0.2) is 48.2 Å². The molecule has 2 aliphatic carbocycles. The number of hydrogen-bond donors (Lipinski definition) is 3. The number of amides is 2. The maximum absolute atomic E-state index is 14.8. The van der Waals surface area contributed by atoms with Crippen molar-refractivity contribution >= 4 is 17.8 Å². The highest BCUT2D eigenvalue weighted by atomic mass is 19.1. The zero-order valence-electron chi connectivity index (χ0n) is 21.9. The SMILES string of the molecule is COc1cc(F)c(O[C@H]2CC[C@@](C)(C(=O)O)CC2)cc1C(=O)N[C@@H]1CCC[C@@H]1C(=O)N[C@H](C)C(C)C. The lowest BCUT2D eigenvalue weighted by Gasteiger charge is -2.34. The van der Waals surface area contributed by atoms with Crippen LogP contribution in [-0.2, 0) is 9.59 Å². The second-order valence-corrected chi connectivity index (χ2v) is 10.8. The van der Waals surface area contributed by atoms with E-state index in [1.54, 1.807) is 6.92 Å². The van der Waals surface area contributed by atoms with Gasteiger partial charge in [0.1, 0.15) is 5.75 Å². The number of nitrogens with one attached hydrogen (secondary N) is 2. The van der Waals surface area contributed by atoms with Gasteiger partial charge in [0.2, 0.25) is 5.91 Å². The number of carbonyl (C=O) groups excluding carboxylic acids is 2. The number of ether oxygens (including phenoxy) is 2. The van der Waals surface area contributed by atoms with E-state index < -0.39 is 23.1 Å².